The van der Waals surface area contributed by atoms with Gasteiger partial charge in [0.1, 0.15) is 5.82 Å². The lowest BCUT2D eigenvalue weighted by molar-refractivity contribution is 0.102. The molecule has 0 spiro atoms. The number of amides is 2. The van der Waals surface area contributed by atoms with Crippen LogP contribution in [0.1, 0.15) is 10.4 Å². The molecule has 2 aromatic carbocycles. The molecule has 0 unspecified atom stereocenters. The number of carbonyl (C=O) groups excluding carboxylic acids is 2. The molecule has 0 bridgehead atoms. The highest BCUT2D eigenvalue weighted by Crippen LogP contribution is 2.29. The van der Waals surface area contributed by atoms with E-state index in [1.807, 2.05) is 60.5 Å². The van der Waals surface area contributed by atoms with Gasteiger partial charge in [-0.05, 0) is 54.6 Å². The van der Waals surface area contributed by atoms with Crippen LogP contribution in [0.2, 0.25) is 0 Å². The van der Waals surface area contributed by atoms with Crippen molar-refractivity contribution in [1.29, 1.82) is 0 Å². The fourth-order valence-corrected chi connectivity index (χ4v) is 4.16. The zero-order valence-corrected chi connectivity index (χ0v) is 19.5. The average molecular weight is 471 g/mol. The van der Waals surface area contributed by atoms with Crippen molar-refractivity contribution in [1.82, 2.24) is 14.9 Å². The third-order valence-electron chi connectivity index (χ3n) is 6.22. The Bertz CT molecular complexity index is 1390. The van der Waals surface area contributed by atoms with Crippen molar-refractivity contribution in [2.75, 3.05) is 42.3 Å². The van der Waals surface area contributed by atoms with Crippen molar-refractivity contribution in [3.63, 3.8) is 0 Å². The number of anilines is 4. The highest BCUT2D eigenvalue weighted by atomic mass is 16.3. The molecule has 1 aliphatic rings. The largest absolute Gasteiger partial charge is 0.389 e. The summed E-state index contributed by atoms with van der Waals surface area (Å²) in [5.74, 6) is 0.200. The number of benzene rings is 2. The normalized spacial score (nSPS) is 13.4. The van der Waals surface area contributed by atoms with Crippen LogP contribution in [0.15, 0.2) is 73.1 Å². The SMILES string of the molecule is CNC(=O)n1ccc2cc(N(C)c3ccnc(NC(=O)c4ccc(N5CC(O)C5)cc4)c3)ccc21. The molecule has 0 radical (unpaired) electrons. The van der Waals surface area contributed by atoms with Crippen LogP contribution in [0.25, 0.3) is 10.9 Å². The molecule has 1 fully saturated rings. The number of rotatable bonds is 5. The number of β-amino-alcohol motifs (C(OH)–C–C–N with tert-alkyl or cyclic N) is 1. The molecule has 0 saturated carbocycles. The Morgan fingerprint density at radius 1 is 1.03 bits per heavy atom. The summed E-state index contributed by atoms with van der Waals surface area (Å²) in [6.45, 7) is 1.23. The van der Waals surface area contributed by atoms with E-state index < -0.39 is 0 Å². The number of aliphatic hydroxyl groups is 1. The average Bonchev–Trinajstić information content (AvgIpc) is 3.29. The van der Waals surface area contributed by atoms with Gasteiger partial charge in [0.15, 0.2) is 0 Å². The summed E-state index contributed by atoms with van der Waals surface area (Å²) in [4.78, 5) is 33.1. The first-order valence-electron chi connectivity index (χ1n) is 11.3. The highest BCUT2D eigenvalue weighted by Gasteiger charge is 2.24. The van der Waals surface area contributed by atoms with E-state index in [-0.39, 0.29) is 18.0 Å². The summed E-state index contributed by atoms with van der Waals surface area (Å²) in [5, 5.41) is 15.9. The third-order valence-corrected chi connectivity index (χ3v) is 6.22. The van der Waals surface area contributed by atoms with E-state index in [2.05, 4.69) is 20.5 Å². The van der Waals surface area contributed by atoms with Crippen LogP contribution >= 0.6 is 0 Å². The minimum Gasteiger partial charge on any atom is -0.389 e. The van der Waals surface area contributed by atoms with Gasteiger partial charge in [-0.15, -0.1) is 0 Å². The van der Waals surface area contributed by atoms with Gasteiger partial charge < -0.3 is 25.5 Å². The first-order valence-corrected chi connectivity index (χ1v) is 11.3. The molecular weight excluding hydrogens is 444 g/mol. The van der Waals surface area contributed by atoms with Crippen LogP contribution in [0.4, 0.5) is 27.7 Å². The zero-order valence-electron chi connectivity index (χ0n) is 19.5. The maximum absolute atomic E-state index is 12.8. The molecule has 1 aliphatic heterocycles. The molecule has 3 heterocycles. The lowest BCUT2D eigenvalue weighted by Gasteiger charge is -2.37. The second kappa shape index (κ2) is 9.11. The van der Waals surface area contributed by atoms with Gasteiger partial charge in [-0.3, -0.25) is 9.36 Å². The molecule has 5 rings (SSSR count). The Morgan fingerprint density at radius 2 is 1.77 bits per heavy atom. The summed E-state index contributed by atoms with van der Waals surface area (Å²) in [5.41, 5.74) is 4.12. The Hall–Kier alpha value is -4.37. The Morgan fingerprint density at radius 3 is 2.49 bits per heavy atom. The molecule has 4 aromatic rings. The number of aromatic nitrogens is 2. The number of aliphatic hydroxyl groups excluding tert-OH is 1. The predicted octanol–water partition coefficient (Wildman–Crippen LogP) is 3.42. The molecule has 0 aliphatic carbocycles. The minimum absolute atomic E-state index is 0.190. The van der Waals surface area contributed by atoms with Crippen molar-refractivity contribution in [2.45, 2.75) is 6.10 Å². The van der Waals surface area contributed by atoms with Gasteiger partial charge in [-0.1, -0.05) is 0 Å². The molecule has 1 saturated heterocycles. The maximum atomic E-state index is 12.8. The van der Waals surface area contributed by atoms with Gasteiger partial charge >= 0.3 is 6.03 Å². The van der Waals surface area contributed by atoms with Gasteiger partial charge in [0.25, 0.3) is 5.91 Å². The first kappa shape index (κ1) is 22.4. The summed E-state index contributed by atoms with van der Waals surface area (Å²) >= 11 is 0. The second-order valence-electron chi connectivity index (χ2n) is 8.50. The van der Waals surface area contributed by atoms with E-state index in [0.717, 1.165) is 28.0 Å². The van der Waals surface area contributed by atoms with E-state index in [4.69, 9.17) is 0 Å². The predicted molar refractivity (Wildman–Crippen MR) is 137 cm³/mol. The fraction of sp³-hybridized carbons (Fsp3) is 0.192. The van der Waals surface area contributed by atoms with Crippen molar-refractivity contribution in [2.24, 2.45) is 0 Å². The van der Waals surface area contributed by atoms with Crippen molar-refractivity contribution in [3.8, 4) is 0 Å². The second-order valence-corrected chi connectivity index (χ2v) is 8.50. The monoisotopic (exact) mass is 470 g/mol. The van der Waals surface area contributed by atoms with E-state index in [0.29, 0.717) is 24.5 Å². The van der Waals surface area contributed by atoms with Crippen LogP contribution in [0, 0.1) is 0 Å². The maximum Gasteiger partial charge on any atom is 0.325 e. The number of hydrogen-bond donors (Lipinski definition) is 3. The number of nitrogens with zero attached hydrogens (tertiary/aromatic N) is 4. The van der Waals surface area contributed by atoms with Gasteiger partial charge in [-0.25, -0.2) is 9.78 Å². The highest BCUT2D eigenvalue weighted by molar-refractivity contribution is 6.04. The molecule has 0 atom stereocenters. The first-order chi connectivity index (χ1) is 16.9. The molecule has 35 heavy (non-hydrogen) atoms. The van der Waals surface area contributed by atoms with Crippen LogP contribution in [-0.2, 0) is 0 Å². The van der Waals surface area contributed by atoms with Crippen molar-refractivity contribution in [3.05, 3.63) is 78.6 Å². The Kier molecular flexibility index (Phi) is 5.84. The number of hydrogen-bond acceptors (Lipinski definition) is 6. The summed E-state index contributed by atoms with van der Waals surface area (Å²) in [6.07, 6.45) is 3.12. The zero-order chi connectivity index (χ0) is 24.5. The third kappa shape index (κ3) is 4.41. The number of carbonyl (C=O) groups is 2. The topological polar surface area (TPSA) is 103 Å². The molecule has 2 amide bonds. The standard InChI is InChI=1S/C26H26N6O3/c1-27-26(35)32-12-10-18-13-20(7-8-23(18)32)30(2)21-9-11-28-24(14-21)29-25(34)17-3-5-19(6-4-17)31-15-22(33)16-31/h3-14,22,33H,15-16H2,1-2H3,(H,27,35)(H,28,29,34). The van der Waals surface area contributed by atoms with Crippen LogP contribution in [-0.4, -0.2) is 59.9 Å². The van der Waals surface area contributed by atoms with Crippen molar-refractivity contribution >= 4 is 45.7 Å². The molecular formula is C26H26N6O3. The summed E-state index contributed by atoms with van der Waals surface area (Å²) in [7, 11) is 3.54. The molecule has 9 nitrogen and oxygen atoms in total. The summed E-state index contributed by atoms with van der Waals surface area (Å²) < 4.78 is 1.57. The molecule has 178 valence electrons. The van der Waals surface area contributed by atoms with Crippen LogP contribution in [0.5, 0.6) is 0 Å². The van der Waals surface area contributed by atoms with E-state index in [1.165, 1.54) is 0 Å². The van der Waals surface area contributed by atoms with Crippen LogP contribution in [0.3, 0.4) is 0 Å². The van der Waals surface area contributed by atoms with E-state index in [1.54, 1.807) is 36.1 Å². The Balaban J connectivity index is 1.30. The number of fused-ring (bicyclic) bond motifs is 1. The van der Waals surface area contributed by atoms with E-state index >= 15 is 0 Å². The minimum atomic E-state index is -0.278. The Labute approximate surface area is 202 Å². The smallest absolute Gasteiger partial charge is 0.325 e. The number of pyridine rings is 1. The van der Waals surface area contributed by atoms with Gasteiger partial charge in [0, 0.05) is 73.7 Å². The van der Waals surface area contributed by atoms with Gasteiger partial charge in [-0.2, -0.15) is 0 Å². The molecule has 9 heteroatoms. The van der Waals surface area contributed by atoms with Gasteiger partial charge in [0.05, 0.1) is 11.6 Å². The fourth-order valence-electron chi connectivity index (χ4n) is 4.16. The number of nitrogens with one attached hydrogen (secondary N) is 2. The van der Waals surface area contributed by atoms with Crippen molar-refractivity contribution < 1.29 is 14.7 Å². The quantitative estimate of drug-likeness (QED) is 0.413. The molecule has 2 aromatic heterocycles. The van der Waals surface area contributed by atoms with Gasteiger partial charge in [0.2, 0.25) is 0 Å². The molecule has 3 N–H and O–H groups in total. The summed E-state index contributed by atoms with van der Waals surface area (Å²) in [6, 6.07) is 18.5. The lowest BCUT2D eigenvalue weighted by atomic mass is 10.1. The van der Waals surface area contributed by atoms with Crippen LogP contribution < -0.4 is 20.4 Å². The van der Waals surface area contributed by atoms with E-state index in [9.17, 15) is 14.7 Å². The lowest BCUT2D eigenvalue weighted by Crippen LogP contribution is -2.50.